The number of likely N-dealkylation sites (tertiary alicyclic amines) is 1. The smallest absolute Gasteiger partial charge is 0.338 e. The SMILES string of the molecule is CC(C)(C)OC(=O)c1ccc2nc(CN3CCC(c4cccc(OCc5ccc6ccccc6n5)n4)CC3)n(C[C@@H]3CCO3)c2c1. The topological polar surface area (TPSA) is 91.6 Å². The van der Waals surface area contributed by atoms with Crippen molar-refractivity contribution < 1.29 is 19.0 Å². The lowest BCUT2D eigenvalue weighted by Crippen LogP contribution is -2.35. The van der Waals surface area contributed by atoms with E-state index in [1.165, 1.54) is 0 Å². The molecular formula is C37H41N5O4. The van der Waals surface area contributed by atoms with Crippen molar-refractivity contribution >= 4 is 27.9 Å². The normalized spacial score (nSPS) is 17.7. The van der Waals surface area contributed by atoms with Crippen molar-refractivity contribution in [3.05, 3.63) is 95.6 Å². The van der Waals surface area contributed by atoms with Crippen molar-refractivity contribution in [2.45, 2.75) is 77.4 Å². The number of hydrogen-bond acceptors (Lipinski definition) is 8. The standard InChI is InChI=1S/C37H41N5O4/c1-37(2,3)46-36(43)27-12-14-32-33(21-27)42(22-29-17-20-44-29)34(39-32)23-41-18-15-26(16-19-41)31-9-6-10-35(40-31)45-24-28-13-11-25-7-4-5-8-30(25)38-28/h4-14,21,26,29H,15-20,22-24H2,1-3H3/t29-/m0/s1. The molecule has 0 aliphatic carbocycles. The van der Waals surface area contributed by atoms with Crippen LogP contribution in [0.5, 0.6) is 5.88 Å². The minimum absolute atomic E-state index is 0.171. The zero-order chi connectivity index (χ0) is 31.7. The monoisotopic (exact) mass is 619 g/mol. The van der Waals surface area contributed by atoms with Crippen LogP contribution in [0.2, 0.25) is 0 Å². The number of esters is 1. The second-order valence-corrected chi connectivity index (χ2v) is 13.4. The molecule has 238 valence electrons. The molecule has 0 amide bonds. The average molecular weight is 620 g/mol. The van der Waals surface area contributed by atoms with Crippen molar-refractivity contribution in [1.29, 1.82) is 0 Å². The van der Waals surface area contributed by atoms with E-state index >= 15 is 0 Å². The summed E-state index contributed by atoms with van der Waals surface area (Å²) in [6, 6.07) is 23.9. The van der Waals surface area contributed by atoms with Crippen LogP contribution in [0.4, 0.5) is 0 Å². The van der Waals surface area contributed by atoms with Gasteiger partial charge in [0.15, 0.2) is 0 Å². The number of para-hydroxylation sites is 1. The summed E-state index contributed by atoms with van der Waals surface area (Å²) in [6.07, 6.45) is 3.23. The fourth-order valence-electron chi connectivity index (χ4n) is 6.26. The van der Waals surface area contributed by atoms with Crippen molar-refractivity contribution in [2.75, 3.05) is 19.7 Å². The summed E-state index contributed by atoms with van der Waals surface area (Å²) in [5, 5.41) is 1.12. The van der Waals surface area contributed by atoms with Crippen LogP contribution >= 0.6 is 0 Å². The van der Waals surface area contributed by atoms with E-state index in [2.05, 4.69) is 27.7 Å². The maximum absolute atomic E-state index is 12.8. The van der Waals surface area contributed by atoms with Gasteiger partial charge in [0.1, 0.15) is 18.0 Å². The molecule has 5 heterocycles. The summed E-state index contributed by atoms with van der Waals surface area (Å²) in [4.78, 5) is 29.9. The maximum Gasteiger partial charge on any atom is 0.338 e. The lowest BCUT2D eigenvalue weighted by Gasteiger charge is -2.32. The number of nitrogens with zero attached hydrogens (tertiary/aromatic N) is 5. The number of hydrogen-bond donors (Lipinski definition) is 0. The molecule has 0 unspecified atom stereocenters. The van der Waals surface area contributed by atoms with Gasteiger partial charge in [-0.25, -0.2) is 19.7 Å². The summed E-state index contributed by atoms with van der Waals surface area (Å²) < 4.78 is 19.8. The molecule has 2 fully saturated rings. The molecule has 2 aliphatic rings. The molecule has 7 rings (SSSR count). The molecule has 9 nitrogen and oxygen atoms in total. The highest BCUT2D eigenvalue weighted by atomic mass is 16.6. The third-order valence-electron chi connectivity index (χ3n) is 8.78. The van der Waals surface area contributed by atoms with Gasteiger partial charge in [-0.05, 0) is 89.5 Å². The summed E-state index contributed by atoms with van der Waals surface area (Å²) in [6.45, 7) is 10.2. The van der Waals surface area contributed by atoms with Crippen LogP contribution in [0, 0.1) is 0 Å². The Bertz CT molecular complexity index is 1850. The van der Waals surface area contributed by atoms with Crippen LogP contribution in [0.15, 0.2) is 72.8 Å². The number of imidazole rings is 1. The van der Waals surface area contributed by atoms with Crippen LogP contribution in [0.1, 0.15) is 73.5 Å². The first-order valence-corrected chi connectivity index (χ1v) is 16.3. The molecule has 0 N–H and O–H groups in total. The largest absolute Gasteiger partial charge is 0.471 e. The van der Waals surface area contributed by atoms with Gasteiger partial charge < -0.3 is 18.8 Å². The highest BCUT2D eigenvalue weighted by Crippen LogP contribution is 2.30. The average Bonchev–Trinajstić information content (AvgIpc) is 3.37. The number of fused-ring (bicyclic) bond motifs is 2. The fraction of sp³-hybridized carbons (Fsp3) is 0.405. The molecule has 2 aromatic carbocycles. The molecule has 9 heteroatoms. The summed E-state index contributed by atoms with van der Waals surface area (Å²) in [5.41, 5.74) is 4.75. The Hall–Kier alpha value is -4.34. The molecule has 0 saturated carbocycles. The molecule has 2 saturated heterocycles. The third kappa shape index (κ3) is 6.90. The Morgan fingerprint density at radius 1 is 0.913 bits per heavy atom. The van der Waals surface area contributed by atoms with Crippen molar-refractivity contribution in [3.8, 4) is 5.88 Å². The van der Waals surface area contributed by atoms with Crippen LogP contribution in [-0.2, 0) is 29.2 Å². The summed E-state index contributed by atoms with van der Waals surface area (Å²) in [7, 11) is 0. The number of piperidine rings is 1. The van der Waals surface area contributed by atoms with Gasteiger partial charge in [0, 0.05) is 29.7 Å². The van der Waals surface area contributed by atoms with E-state index in [-0.39, 0.29) is 12.1 Å². The van der Waals surface area contributed by atoms with E-state index in [4.69, 9.17) is 29.2 Å². The van der Waals surface area contributed by atoms with E-state index in [0.717, 1.165) is 91.2 Å². The summed E-state index contributed by atoms with van der Waals surface area (Å²) in [5.74, 6) is 1.69. The molecular weight excluding hydrogens is 578 g/mol. The van der Waals surface area contributed by atoms with Gasteiger partial charge in [0.05, 0.1) is 47.0 Å². The maximum atomic E-state index is 12.8. The predicted molar refractivity (Wildman–Crippen MR) is 177 cm³/mol. The first kappa shape index (κ1) is 30.3. The van der Waals surface area contributed by atoms with Crippen LogP contribution in [0.25, 0.3) is 21.9 Å². The Labute approximate surface area is 269 Å². The Morgan fingerprint density at radius 3 is 2.52 bits per heavy atom. The van der Waals surface area contributed by atoms with Gasteiger partial charge in [0.2, 0.25) is 5.88 Å². The van der Waals surface area contributed by atoms with E-state index in [1.807, 2.05) is 75.4 Å². The number of ether oxygens (including phenoxy) is 3. The molecule has 1 atom stereocenters. The van der Waals surface area contributed by atoms with Gasteiger partial charge in [-0.2, -0.15) is 0 Å². The number of benzene rings is 2. The zero-order valence-corrected chi connectivity index (χ0v) is 26.8. The minimum atomic E-state index is -0.553. The van der Waals surface area contributed by atoms with Crippen LogP contribution in [0.3, 0.4) is 0 Å². The fourth-order valence-corrected chi connectivity index (χ4v) is 6.26. The van der Waals surface area contributed by atoms with Gasteiger partial charge in [-0.3, -0.25) is 4.90 Å². The lowest BCUT2D eigenvalue weighted by molar-refractivity contribution is -0.0592. The van der Waals surface area contributed by atoms with Gasteiger partial charge in [-0.1, -0.05) is 30.3 Å². The molecule has 5 aromatic rings. The Kier molecular flexibility index (Phi) is 8.44. The zero-order valence-electron chi connectivity index (χ0n) is 26.8. The quantitative estimate of drug-likeness (QED) is 0.169. The highest BCUT2D eigenvalue weighted by molar-refractivity contribution is 5.94. The predicted octanol–water partition coefficient (Wildman–Crippen LogP) is 6.68. The van der Waals surface area contributed by atoms with Crippen molar-refractivity contribution in [2.24, 2.45) is 0 Å². The second kappa shape index (κ2) is 12.8. The lowest BCUT2D eigenvalue weighted by atomic mass is 9.93. The summed E-state index contributed by atoms with van der Waals surface area (Å²) >= 11 is 0. The minimum Gasteiger partial charge on any atom is -0.471 e. The number of carbonyl (C=O) groups is 1. The van der Waals surface area contributed by atoms with Crippen LogP contribution in [-0.4, -0.2) is 61.8 Å². The molecule has 46 heavy (non-hydrogen) atoms. The number of aromatic nitrogens is 4. The van der Waals surface area contributed by atoms with E-state index in [9.17, 15) is 4.79 Å². The van der Waals surface area contributed by atoms with E-state index in [1.54, 1.807) is 0 Å². The van der Waals surface area contributed by atoms with Gasteiger partial charge in [0.25, 0.3) is 0 Å². The Balaban J connectivity index is 1.00. The van der Waals surface area contributed by atoms with Crippen molar-refractivity contribution in [1.82, 2.24) is 24.4 Å². The number of rotatable bonds is 9. The molecule has 0 radical (unpaired) electrons. The van der Waals surface area contributed by atoms with Crippen molar-refractivity contribution in [3.63, 3.8) is 0 Å². The molecule has 0 bridgehead atoms. The number of carbonyl (C=O) groups excluding carboxylic acids is 1. The number of pyridine rings is 2. The van der Waals surface area contributed by atoms with Gasteiger partial charge >= 0.3 is 5.97 Å². The first-order valence-electron chi connectivity index (χ1n) is 16.3. The highest BCUT2D eigenvalue weighted by Gasteiger charge is 2.27. The molecule has 0 spiro atoms. The van der Waals surface area contributed by atoms with Gasteiger partial charge in [-0.15, -0.1) is 0 Å². The van der Waals surface area contributed by atoms with Crippen LogP contribution < -0.4 is 4.74 Å². The second-order valence-electron chi connectivity index (χ2n) is 13.4. The van der Waals surface area contributed by atoms with E-state index in [0.29, 0.717) is 24.0 Å². The molecule has 3 aromatic heterocycles. The third-order valence-corrected chi connectivity index (χ3v) is 8.78. The molecule has 2 aliphatic heterocycles. The first-order chi connectivity index (χ1) is 22.3. The Morgan fingerprint density at radius 2 is 1.74 bits per heavy atom. The van der Waals surface area contributed by atoms with E-state index < -0.39 is 5.60 Å².